The molecule has 0 radical (unpaired) electrons. The van der Waals surface area contributed by atoms with Crippen LogP contribution in [0.2, 0.25) is 0 Å². The van der Waals surface area contributed by atoms with Gasteiger partial charge in [-0.05, 0) is 42.9 Å². The van der Waals surface area contributed by atoms with Crippen molar-refractivity contribution < 1.29 is 34.4 Å². The van der Waals surface area contributed by atoms with Crippen LogP contribution in [0.4, 0.5) is 0 Å². The molecule has 166 valence electrons. The second-order valence-corrected chi connectivity index (χ2v) is 9.40. The van der Waals surface area contributed by atoms with E-state index in [2.05, 4.69) is 0 Å². The summed E-state index contributed by atoms with van der Waals surface area (Å²) in [5, 5.41) is 33.5. The summed E-state index contributed by atoms with van der Waals surface area (Å²) in [7, 11) is 1.29. The summed E-state index contributed by atoms with van der Waals surface area (Å²) in [5.74, 6) is -1.86. The molecule has 0 amide bonds. The normalized spacial score (nSPS) is 35.4. The molecule has 1 fully saturated rings. The van der Waals surface area contributed by atoms with E-state index in [9.17, 15) is 24.9 Å². The van der Waals surface area contributed by atoms with Crippen molar-refractivity contribution in [2.75, 3.05) is 7.11 Å². The highest BCUT2D eigenvalue weighted by Gasteiger charge is 2.66. The molecule has 7 heteroatoms. The number of carbonyl (C=O) groups excluding carboxylic acids is 2. The van der Waals surface area contributed by atoms with Crippen molar-refractivity contribution in [2.45, 2.75) is 77.1 Å². The zero-order chi connectivity index (χ0) is 22.6. The standard InChI is InChI=1S/C23H32O7/c1-11(2)13-9-14-17(15(25)10-13)23(5)16(26)7-8-22(4,21(28)29-6)20(23)19(18(14)27)30-12(3)24/h9-11,16,18-20,25-27H,7-8H2,1-6H3/t16-,18-,19-,20+,22-,23-/m1/s1. The molecule has 3 rings (SSSR count). The first kappa shape index (κ1) is 22.6. The summed E-state index contributed by atoms with van der Waals surface area (Å²) in [4.78, 5) is 24.8. The third kappa shape index (κ3) is 3.10. The van der Waals surface area contributed by atoms with E-state index in [-0.39, 0.29) is 11.7 Å². The SMILES string of the molecule is COC(=O)[C@]1(C)CC[C@@H](O)[C@]2(C)c3c(O)cc(C(C)C)cc3[C@@H](O)[C@@H](OC(C)=O)[C@H]21. The van der Waals surface area contributed by atoms with E-state index in [0.29, 0.717) is 24.0 Å². The van der Waals surface area contributed by atoms with Gasteiger partial charge < -0.3 is 24.8 Å². The lowest BCUT2D eigenvalue weighted by Gasteiger charge is -2.59. The van der Waals surface area contributed by atoms with E-state index in [1.54, 1.807) is 26.0 Å². The molecule has 3 N–H and O–H groups in total. The number of aliphatic hydroxyl groups excluding tert-OH is 2. The predicted molar refractivity (Wildman–Crippen MR) is 109 cm³/mol. The predicted octanol–water partition coefficient (Wildman–Crippen LogP) is 2.70. The molecule has 1 aromatic rings. The van der Waals surface area contributed by atoms with E-state index in [1.807, 2.05) is 13.8 Å². The van der Waals surface area contributed by atoms with Crippen LogP contribution in [0.1, 0.15) is 76.2 Å². The molecule has 0 aliphatic heterocycles. The Bertz CT molecular complexity index is 863. The average molecular weight is 421 g/mol. The van der Waals surface area contributed by atoms with Gasteiger partial charge in [-0.25, -0.2) is 0 Å². The Balaban J connectivity index is 2.35. The Labute approximate surface area is 177 Å². The van der Waals surface area contributed by atoms with Crippen molar-refractivity contribution in [3.63, 3.8) is 0 Å². The Morgan fingerprint density at radius 3 is 2.37 bits per heavy atom. The topological polar surface area (TPSA) is 113 Å². The lowest BCUT2D eigenvalue weighted by Crippen LogP contribution is -2.64. The van der Waals surface area contributed by atoms with Gasteiger partial charge in [0, 0.05) is 23.8 Å². The van der Waals surface area contributed by atoms with Gasteiger partial charge in [-0.1, -0.05) is 26.8 Å². The van der Waals surface area contributed by atoms with Crippen molar-refractivity contribution >= 4 is 11.9 Å². The van der Waals surface area contributed by atoms with E-state index in [4.69, 9.17) is 9.47 Å². The van der Waals surface area contributed by atoms with Gasteiger partial charge in [0.1, 0.15) is 18.0 Å². The van der Waals surface area contributed by atoms with Crippen LogP contribution >= 0.6 is 0 Å². The number of hydrogen-bond acceptors (Lipinski definition) is 7. The summed E-state index contributed by atoms with van der Waals surface area (Å²) in [6.45, 7) is 8.65. The maximum Gasteiger partial charge on any atom is 0.311 e. The number of rotatable bonds is 3. The van der Waals surface area contributed by atoms with Crippen LogP contribution in [0.5, 0.6) is 5.75 Å². The minimum absolute atomic E-state index is 0.0443. The fourth-order valence-electron chi connectivity index (χ4n) is 5.76. The minimum Gasteiger partial charge on any atom is -0.508 e. The monoisotopic (exact) mass is 420 g/mol. The summed E-state index contributed by atoms with van der Waals surface area (Å²) < 4.78 is 10.7. The maximum atomic E-state index is 12.9. The average Bonchev–Trinajstić information content (AvgIpc) is 2.67. The first-order valence-corrected chi connectivity index (χ1v) is 10.4. The number of esters is 2. The molecule has 1 aromatic carbocycles. The highest BCUT2D eigenvalue weighted by Crippen LogP contribution is 2.62. The molecule has 0 bridgehead atoms. The molecule has 2 aliphatic carbocycles. The van der Waals surface area contributed by atoms with Gasteiger partial charge in [-0.15, -0.1) is 0 Å². The maximum absolute atomic E-state index is 12.9. The van der Waals surface area contributed by atoms with Gasteiger partial charge in [-0.2, -0.15) is 0 Å². The molecule has 6 atom stereocenters. The first-order chi connectivity index (χ1) is 13.9. The Morgan fingerprint density at radius 2 is 1.83 bits per heavy atom. The van der Waals surface area contributed by atoms with Crippen molar-refractivity contribution in [1.29, 1.82) is 0 Å². The molecule has 0 heterocycles. The number of phenols is 1. The van der Waals surface area contributed by atoms with Crippen molar-refractivity contribution in [2.24, 2.45) is 11.3 Å². The summed E-state index contributed by atoms with van der Waals surface area (Å²) in [6.07, 6.45) is -2.67. The quantitative estimate of drug-likeness (QED) is 0.644. The molecule has 7 nitrogen and oxygen atoms in total. The van der Waals surface area contributed by atoms with Crippen molar-refractivity contribution in [3.8, 4) is 5.75 Å². The van der Waals surface area contributed by atoms with Gasteiger partial charge in [0.05, 0.1) is 18.6 Å². The molecule has 2 aliphatic rings. The van der Waals surface area contributed by atoms with Crippen LogP contribution in [0, 0.1) is 11.3 Å². The van der Waals surface area contributed by atoms with Gasteiger partial charge >= 0.3 is 11.9 Å². The fourth-order valence-corrected chi connectivity index (χ4v) is 5.76. The molecule has 1 saturated carbocycles. The third-order valence-corrected chi connectivity index (χ3v) is 7.25. The van der Waals surface area contributed by atoms with Crippen LogP contribution in [0.3, 0.4) is 0 Å². The van der Waals surface area contributed by atoms with Crippen LogP contribution < -0.4 is 0 Å². The fraction of sp³-hybridized carbons (Fsp3) is 0.652. The zero-order valence-electron chi connectivity index (χ0n) is 18.4. The highest BCUT2D eigenvalue weighted by molar-refractivity contribution is 5.78. The second kappa shape index (κ2) is 7.54. The number of aliphatic hydroxyl groups is 2. The number of ether oxygens (including phenoxy) is 2. The number of methoxy groups -OCH3 is 1. The van der Waals surface area contributed by atoms with Crippen LogP contribution in [0.25, 0.3) is 0 Å². The summed E-state index contributed by atoms with van der Waals surface area (Å²) in [5.41, 5.74) is -0.651. The number of benzene rings is 1. The Hall–Kier alpha value is -2.12. The second-order valence-electron chi connectivity index (χ2n) is 9.40. The lowest BCUT2D eigenvalue weighted by molar-refractivity contribution is -0.199. The van der Waals surface area contributed by atoms with Crippen molar-refractivity contribution in [3.05, 3.63) is 28.8 Å². The lowest BCUT2D eigenvalue weighted by atomic mass is 9.47. The number of hydrogen-bond donors (Lipinski definition) is 3. The Kier molecular flexibility index (Phi) is 5.67. The summed E-state index contributed by atoms with van der Waals surface area (Å²) >= 11 is 0. The molecule has 0 spiro atoms. The zero-order valence-corrected chi connectivity index (χ0v) is 18.4. The van der Waals surface area contributed by atoms with Crippen molar-refractivity contribution in [1.82, 2.24) is 0 Å². The summed E-state index contributed by atoms with van der Waals surface area (Å²) in [6, 6.07) is 3.43. The third-order valence-electron chi connectivity index (χ3n) is 7.25. The molecule has 0 aromatic heterocycles. The Morgan fingerprint density at radius 1 is 1.20 bits per heavy atom. The van der Waals surface area contributed by atoms with E-state index in [1.165, 1.54) is 14.0 Å². The molecule has 0 unspecified atom stereocenters. The number of phenolic OH excluding ortho intramolecular Hbond substituents is 1. The molecular weight excluding hydrogens is 388 g/mol. The van der Waals surface area contributed by atoms with Gasteiger partial charge in [0.25, 0.3) is 0 Å². The molecule has 0 saturated heterocycles. The number of carbonyl (C=O) groups is 2. The molecular formula is C23H32O7. The van der Waals surface area contributed by atoms with Crippen LogP contribution in [0.15, 0.2) is 12.1 Å². The largest absolute Gasteiger partial charge is 0.508 e. The smallest absolute Gasteiger partial charge is 0.311 e. The van der Waals surface area contributed by atoms with Gasteiger partial charge in [-0.3, -0.25) is 9.59 Å². The molecule has 30 heavy (non-hydrogen) atoms. The van der Waals surface area contributed by atoms with E-state index in [0.717, 1.165) is 5.56 Å². The van der Waals surface area contributed by atoms with E-state index >= 15 is 0 Å². The van der Waals surface area contributed by atoms with Gasteiger partial charge in [0.15, 0.2) is 0 Å². The number of fused-ring (bicyclic) bond motifs is 3. The first-order valence-electron chi connectivity index (χ1n) is 10.4. The number of aromatic hydroxyl groups is 1. The van der Waals surface area contributed by atoms with Crippen LogP contribution in [-0.2, 0) is 24.5 Å². The van der Waals surface area contributed by atoms with E-state index < -0.39 is 47.0 Å². The van der Waals surface area contributed by atoms with Crippen LogP contribution in [-0.4, -0.2) is 46.6 Å². The minimum atomic E-state index is -1.26. The highest BCUT2D eigenvalue weighted by atomic mass is 16.6. The van der Waals surface area contributed by atoms with Gasteiger partial charge in [0.2, 0.25) is 0 Å².